The van der Waals surface area contributed by atoms with Crippen molar-refractivity contribution in [1.29, 1.82) is 0 Å². The quantitative estimate of drug-likeness (QED) is 0.865. The third-order valence-electron chi connectivity index (χ3n) is 3.60. The van der Waals surface area contributed by atoms with Gasteiger partial charge in [-0.15, -0.1) is 0 Å². The molecule has 6 nitrogen and oxygen atoms in total. The standard InChI is InChI=1S/C14H17NO5/c1-14(12(17)18)9-15(7-11(14)16)13(19)20-8-10-5-3-2-4-6-10/h2-6,11,16H,7-9H2,1H3,(H,17,18). The predicted molar refractivity (Wildman–Crippen MR) is 69.9 cm³/mol. The summed E-state index contributed by atoms with van der Waals surface area (Å²) in [5, 5.41) is 18.9. The predicted octanol–water partition coefficient (Wildman–Crippen LogP) is 1.09. The van der Waals surface area contributed by atoms with Crippen LogP contribution in [0.1, 0.15) is 12.5 Å². The Morgan fingerprint density at radius 3 is 2.60 bits per heavy atom. The van der Waals surface area contributed by atoms with E-state index in [1.807, 2.05) is 30.3 Å². The van der Waals surface area contributed by atoms with Gasteiger partial charge in [-0.1, -0.05) is 30.3 Å². The minimum atomic E-state index is -1.34. The summed E-state index contributed by atoms with van der Waals surface area (Å²) < 4.78 is 5.12. The van der Waals surface area contributed by atoms with Crippen molar-refractivity contribution in [2.75, 3.05) is 13.1 Å². The lowest BCUT2D eigenvalue weighted by Gasteiger charge is -2.21. The van der Waals surface area contributed by atoms with Crippen molar-refractivity contribution in [3.8, 4) is 0 Å². The largest absolute Gasteiger partial charge is 0.481 e. The van der Waals surface area contributed by atoms with Gasteiger partial charge in [0.05, 0.1) is 12.6 Å². The molecule has 1 aromatic rings. The van der Waals surface area contributed by atoms with E-state index in [2.05, 4.69) is 0 Å². The van der Waals surface area contributed by atoms with Crippen LogP contribution in [0.3, 0.4) is 0 Å². The van der Waals surface area contributed by atoms with Crippen LogP contribution in [0.25, 0.3) is 0 Å². The van der Waals surface area contributed by atoms with Crippen molar-refractivity contribution >= 4 is 12.1 Å². The number of benzene rings is 1. The van der Waals surface area contributed by atoms with E-state index in [0.717, 1.165) is 5.56 Å². The molecule has 2 atom stereocenters. The molecule has 2 N–H and O–H groups in total. The lowest BCUT2D eigenvalue weighted by Crippen LogP contribution is -2.39. The molecule has 108 valence electrons. The zero-order valence-corrected chi connectivity index (χ0v) is 11.2. The topological polar surface area (TPSA) is 87.1 Å². The van der Waals surface area contributed by atoms with Crippen molar-refractivity contribution in [3.63, 3.8) is 0 Å². The van der Waals surface area contributed by atoms with E-state index in [4.69, 9.17) is 9.84 Å². The van der Waals surface area contributed by atoms with Gasteiger partial charge in [-0.3, -0.25) is 4.79 Å². The lowest BCUT2D eigenvalue weighted by atomic mass is 9.87. The van der Waals surface area contributed by atoms with Gasteiger partial charge in [0.2, 0.25) is 0 Å². The SMILES string of the molecule is CC1(C(=O)O)CN(C(=O)OCc2ccccc2)CC1O. The van der Waals surface area contributed by atoms with Gasteiger partial charge in [0.1, 0.15) is 12.0 Å². The third-order valence-corrected chi connectivity index (χ3v) is 3.60. The summed E-state index contributed by atoms with van der Waals surface area (Å²) in [6, 6.07) is 9.19. The second kappa shape index (κ2) is 5.50. The van der Waals surface area contributed by atoms with Crippen molar-refractivity contribution in [2.45, 2.75) is 19.6 Å². The molecule has 20 heavy (non-hydrogen) atoms. The first-order valence-electron chi connectivity index (χ1n) is 6.30. The Morgan fingerprint density at radius 1 is 1.40 bits per heavy atom. The molecular weight excluding hydrogens is 262 g/mol. The lowest BCUT2D eigenvalue weighted by molar-refractivity contribution is -0.151. The van der Waals surface area contributed by atoms with Crippen LogP contribution in [0, 0.1) is 5.41 Å². The number of rotatable bonds is 3. The van der Waals surface area contributed by atoms with Crippen molar-refractivity contribution in [3.05, 3.63) is 35.9 Å². The minimum Gasteiger partial charge on any atom is -0.481 e. The number of carboxylic acids is 1. The molecule has 0 bridgehead atoms. The first-order valence-corrected chi connectivity index (χ1v) is 6.30. The molecule has 1 fully saturated rings. The number of amides is 1. The first-order chi connectivity index (χ1) is 9.43. The van der Waals surface area contributed by atoms with Gasteiger partial charge >= 0.3 is 12.1 Å². The molecule has 0 saturated carbocycles. The van der Waals surface area contributed by atoms with Crippen LogP contribution in [0.15, 0.2) is 30.3 Å². The van der Waals surface area contributed by atoms with Crippen LogP contribution in [0.4, 0.5) is 4.79 Å². The minimum absolute atomic E-state index is 0.0313. The monoisotopic (exact) mass is 279 g/mol. The Bertz CT molecular complexity index is 504. The summed E-state index contributed by atoms with van der Waals surface area (Å²) in [4.78, 5) is 24.2. The second-order valence-corrected chi connectivity index (χ2v) is 5.16. The highest BCUT2D eigenvalue weighted by Crippen LogP contribution is 2.31. The molecule has 1 amide bonds. The highest BCUT2D eigenvalue weighted by Gasteiger charge is 2.50. The Morgan fingerprint density at radius 2 is 2.05 bits per heavy atom. The fourth-order valence-corrected chi connectivity index (χ4v) is 2.14. The summed E-state index contributed by atoms with van der Waals surface area (Å²) in [5.41, 5.74) is -0.493. The Kier molecular flexibility index (Phi) is 3.94. The number of carboxylic acid groups (broad SMARTS) is 1. The van der Waals surface area contributed by atoms with Crippen molar-refractivity contribution in [1.82, 2.24) is 4.90 Å². The molecule has 2 rings (SSSR count). The summed E-state index contributed by atoms with van der Waals surface area (Å²) in [5.74, 6) is -1.12. The third kappa shape index (κ3) is 2.75. The highest BCUT2D eigenvalue weighted by molar-refractivity contribution is 5.78. The van der Waals surface area contributed by atoms with Gasteiger partial charge in [-0.2, -0.15) is 0 Å². The number of aliphatic carboxylic acids is 1. The molecule has 6 heteroatoms. The number of aliphatic hydroxyl groups is 1. The van der Waals surface area contributed by atoms with E-state index in [1.165, 1.54) is 11.8 Å². The number of carbonyl (C=O) groups excluding carboxylic acids is 1. The second-order valence-electron chi connectivity index (χ2n) is 5.16. The van der Waals surface area contributed by atoms with Gasteiger partial charge < -0.3 is 19.8 Å². The molecule has 0 spiro atoms. The van der Waals surface area contributed by atoms with Crippen LogP contribution in [-0.4, -0.2) is 46.4 Å². The summed E-state index contributed by atoms with van der Waals surface area (Å²) in [6.45, 7) is 1.45. The molecular formula is C14H17NO5. The van der Waals surface area contributed by atoms with E-state index >= 15 is 0 Å². The zero-order chi connectivity index (χ0) is 14.8. The normalized spacial score (nSPS) is 25.5. The summed E-state index contributed by atoms with van der Waals surface area (Å²) in [7, 11) is 0. The maximum atomic E-state index is 11.9. The Hall–Kier alpha value is -2.08. The van der Waals surface area contributed by atoms with Crippen molar-refractivity contribution in [2.24, 2.45) is 5.41 Å². The highest BCUT2D eigenvalue weighted by atomic mass is 16.6. The smallest absolute Gasteiger partial charge is 0.410 e. The van der Waals surface area contributed by atoms with Crippen LogP contribution in [-0.2, 0) is 16.1 Å². The zero-order valence-electron chi connectivity index (χ0n) is 11.2. The molecule has 1 saturated heterocycles. The Balaban J connectivity index is 1.93. The first kappa shape index (κ1) is 14.3. The average molecular weight is 279 g/mol. The van der Waals surface area contributed by atoms with Crippen LogP contribution in [0.2, 0.25) is 0 Å². The maximum Gasteiger partial charge on any atom is 0.410 e. The molecule has 0 radical (unpaired) electrons. The van der Waals surface area contributed by atoms with Crippen LogP contribution in [0.5, 0.6) is 0 Å². The van der Waals surface area contributed by atoms with Crippen LogP contribution >= 0.6 is 0 Å². The maximum absolute atomic E-state index is 11.9. The number of likely N-dealkylation sites (tertiary alicyclic amines) is 1. The molecule has 0 aromatic heterocycles. The number of ether oxygens (including phenoxy) is 1. The summed E-state index contributed by atoms with van der Waals surface area (Å²) in [6.07, 6.45) is -1.71. The van der Waals surface area contributed by atoms with Gasteiger partial charge in [0, 0.05) is 6.54 Å². The number of aliphatic hydroxyl groups excluding tert-OH is 1. The van der Waals surface area contributed by atoms with Gasteiger partial charge in [0.25, 0.3) is 0 Å². The number of hydrogen-bond acceptors (Lipinski definition) is 4. The Labute approximate surface area is 116 Å². The average Bonchev–Trinajstić information content (AvgIpc) is 2.75. The molecule has 1 aliphatic rings. The number of β-amino-alcohol motifs (C(OH)–C–C–N with tert-alkyl or cyclic N) is 1. The van der Waals surface area contributed by atoms with Gasteiger partial charge in [-0.25, -0.2) is 4.79 Å². The van der Waals surface area contributed by atoms with E-state index in [0.29, 0.717) is 0 Å². The van der Waals surface area contributed by atoms with Gasteiger partial charge in [0.15, 0.2) is 0 Å². The van der Waals surface area contributed by atoms with Crippen LogP contribution < -0.4 is 0 Å². The number of nitrogens with zero attached hydrogens (tertiary/aromatic N) is 1. The molecule has 0 aliphatic carbocycles. The molecule has 1 aromatic carbocycles. The van der Waals surface area contributed by atoms with Gasteiger partial charge in [-0.05, 0) is 12.5 Å². The van der Waals surface area contributed by atoms with E-state index in [-0.39, 0.29) is 19.7 Å². The molecule has 2 unspecified atom stereocenters. The number of hydrogen-bond donors (Lipinski definition) is 2. The van der Waals surface area contributed by atoms with E-state index in [9.17, 15) is 14.7 Å². The van der Waals surface area contributed by atoms with E-state index in [1.54, 1.807) is 0 Å². The van der Waals surface area contributed by atoms with E-state index < -0.39 is 23.6 Å². The van der Waals surface area contributed by atoms with Crippen molar-refractivity contribution < 1.29 is 24.5 Å². The summed E-state index contributed by atoms with van der Waals surface area (Å²) >= 11 is 0. The number of carbonyl (C=O) groups is 2. The fraction of sp³-hybridized carbons (Fsp3) is 0.429. The molecule has 1 heterocycles. The molecule has 1 aliphatic heterocycles. The fourth-order valence-electron chi connectivity index (χ4n) is 2.14.